The molecule has 0 aliphatic carbocycles. The molecule has 0 saturated heterocycles. The molecule has 6 nitrogen and oxygen atoms in total. The van der Waals surface area contributed by atoms with Gasteiger partial charge in [-0.3, -0.25) is 10.0 Å². The summed E-state index contributed by atoms with van der Waals surface area (Å²) in [7, 11) is 0. The number of unbranched alkanes of at least 4 members (excludes halogenated alkanes) is 1. The number of aliphatic hydroxyl groups is 1. The number of carbonyl (C=O) groups excluding carboxylic acids is 1. The summed E-state index contributed by atoms with van der Waals surface area (Å²) in [5, 5.41) is 18.7. The van der Waals surface area contributed by atoms with Crippen molar-refractivity contribution in [2.75, 3.05) is 0 Å². The van der Waals surface area contributed by atoms with Crippen LogP contribution < -0.4 is 5.48 Å². The van der Waals surface area contributed by atoms with E-state index in [9.17, 15) is 9.90 Å². The van der Waals surface area contributed by atoms with E-state index in [1.54, 1.807) is 5.48 Å². The van der Waals surface area contributed by atoms with Crippen molar-refractivity contribution in [2.45, 2.75) is 38.7 Å². The van der Waals surface area contributed by atoms with Crippen LogP contribution in [0.2, 0.25) is 0 Å². The summed E-state index contributed by atoms with van der Waals surface area (Å²) in [6.45, 7) is 2.01. The Hall–Kier alpha value is -2.70. The number of hydrogen-bond donors (Lipinski definition) is 3. The second kappa shape index (κ2) is 8.12. The monoisotopic (exact) mass is 354 g/mol. The lowest BCUT2D eigenvalue weighted by Crippen LogP contribution is -2.17. The Morgan fingerprint density at radius 2 is 1.96 bits per heavy atom. The Balaban J connectivity index is 1.62. The molecule has 0 fully saturated rings. The number of benzene rings is 2. The van der Waals surface area contributed by atoms with Gasteiger partial charge in [0, 0.05) is 12.0 Å². The van der Waals surface area contributed by atoms with Crippen LogP contribution >= 0.6 is 0 Å². The minimum Gasteiger partial charge on any atom is -0.436 e. The number of nitrogens with zero attached hydrogens (tertiary/aromatic N) is 1. The molecule has 26 heavy (non-hydrogen) atoms. The van der Waals surface area contributed by atoms with Gasteiger partial charge in [0.2, 0.25) is 11.8 Å². The standard InChI is InChI=1S/C20H22N2O4/c1-13-6-11-16-18(12-13)26-20(21-16)15-9-7-14(8-10-15)17(23)4-2-3-5-19(24)22-25/h6-12,17,23,25H,2-5H2,1H3,(H,22,24)/t17-/m1/s1. The maximum absolute atomic E-state index is 10.9. The number of aryl methyl sites for hydroxylation is 1. The highest BCUT2D eigenvalue weighted by Gasteiger charge is 2.11. The number of nitrogens with one attached hydrogen (secondary N) is 1. The molecule has 0 aliphatic heterocycles. The number of amides is 1. The van der Waals surface area contributed by atoms with Crippen molar-refractivity contribution >= 4 is 17.0 Å². The number of hydrogen-bond acceptors (Lipinski definition) is 5. The Bertz CT molecular complexity index is 886. The number of carbonyl (C=O) groups is 1. The highest BCUT2D eigenvalue weighted by Crippen LogP contribution is 2.27. The lowest BCUT2D eigenvalue weighted by molar-refractivity contribution is -0.129. The van der Waals surface area contributed by atoms with Gasteiger partial charge < -0.3 is 9.52 Å². The first kappa shape index (κ1) is 18.1. The van der Waals surface area contributed by atoms with E-state index in [4.69, 9.17) is 9.62 Å². The van der Waals surface area contributed by atoms with Crippen LogP contribution in [0.1, 0.15) is 42.9 Å². The number of fused-ring (bicyclic) bond motifs is 1. The molecule has 0 radical (unpaired) electrons. The molecule has 136 valence electrons. The molecule has 1 heterocycles. The fourth-order valence-corrected chi connectivity index (χ4v) is 2.85. The molecule has 2 aromatic carbocycles. The highest BCUT2D eigenvalue weighted by molar-refractivity contribution is 5.76. The Labute approximate surface area is 151 Å². The van der Waals surface area contributed by atoms with E-state index in [0.29, 0.717) is 25.2 Å². The summed E-state index contributed by atoms with van der Waals surface area (Å²) < 4.78 is 5.82. The van der Waals surface area contributed by atoms with Crippen LogP contribution in [-0.2, 0) is 4.79 Å². The zero-order chi connectivity index (χ0) is 18.5. The van der Waals surface area contributed by atoms with Gasteiger partial charge in [-0.2, -0.15) is 0 Å². The van der Waals surface area contributed by atoms with Gasteiger partial charge in [-0.15, -0.1) is 0 Å². The van der Waals surface area contributed by atoms with E-state index in [-0.39, 0.29) is 6.42 Å². The van der Waals surface area contributed by atoms with Gasteiger partial charge in [0.15, 0.2) is 5.58 Å². The molecule has 3 rings (SSSR count). The average molecular weight is 354 g/mol. The Morgan fingerprint density at radius 3 is 2.69 bits per heavy atom. The summed E-state index contributed by atoms with van der Waals surface area (Å²) in [6, 6.07) is 13.4. The van der Waals surface area contributed by atoms with Gasteiger partial charge in [-0.25, -0.2) is 10.5 Å². The largest absolute Gasteiger partial charge is 0.436 e. The van der Waals surface area contributed by atoms with Crippen LogP contribution in [-0.4, -0.2) is 21.2 Å². The molecule has 3 aromatic rings. The lowest BCUT2D eigenvalue weighted by atomic mass is 10.0. The minimum absolute atomic E-state index is 0.249. The SMILES string of the molecule is Cc1ccc2nc(-c3ccc([C@H](O)CCCCC(=O)NO)cc3)oc2c1. The summed E-state index contributed by atoms with van der Waals surface area (Å²) in [6.07, 6.45) is 1.53. The van der Waals surface area contributed by atoms with Crippen LogP contribution in [0.3, 0.4) is 0 Å². The normalized spacial score (nSPS) is 12.3. The summed E-state index contributed by atoms with van der Waals surface area (Å²) >= 11 is 0. The van der Waals surface area contributed by atoms with Crippen molar-refractivity contribution in [3.63, 3.8) is 0 Å². The predicted molar refractivity (Wildman–Crippen MR) is 97.5 cm³/mol. The molecular weight excluding hydrogens is 332 g/mol. The molecule has 0 saturated carbocycles. The van der Waals surface area contributed by atoms with E-state index in [0.717, 1.165) is 27.8 Å². The third-order valence-corrected chi connectivity index (χ3v) is 4.34. The van der Waals surface area contributed by atoms with Crippen LogP contribution in [0.25, 0.3) is 22.6 Å². The Kier molecular flexibility index (Phi) is 5.65. The van der Waals surface area contributed by atoms with Crippen LogP contribution in [0.4, 0.5) is 0 Å². The Morgan fingerprint density at radius 1 is 1.19 bits per heavy atom. The van der Waals surface area contributed by atoms with E-state index < -0.39 is 12.0 Å². The number of aromatic nitrogens is 1. The van der Waals surface area contributed by atoms with Crippen LogP contribution in [0.5, 0.6) is 0 Å². The highest BCUT2D eigenvalue weighted by atomic mass is 16.5. The van der Waals surface area contributed by atoms with Crippen molar-refractivity contribution in [3.8, 4) is 11.5 Å². The van der Waals surface area contributed by atoms with E-state index in [1.165, 1.54) is 0 Å². The van der Waals surface area contributed by atoms with Gasteiger partial charge in [-0.05, 0) is 55.2 Å². The quantitative estimate of drug-likeness (QED) is 0.340. The molecule has 0 aliphatic rings. The lowest BCUT2D eigenvalue weighted by Gasteiger charge is -2.11. The molecule has 3 N–H and O–H groups in total. The maximum Gasteiger partial charge on any atom is 0.243 e. The van der Waals surface area contributed by atoms with Gasteiger partial charge in [0.25, 0.3) is 0 Å². The van der Waals surface area contributed by atoms with Crippen molar-refractivity contribution in [2.24, 2.45) is 0 Å². The molecule has 1 amide bonds. The van der Waals surface area contributed by atoms with Crippen molar-refractivity contribution in [3.05, 3.63) is 53.6 Å². The van der Waals surface area contributed by atoms with E-state index >= 15 is 0 Å². The van der Waals surface area contributed by atoms with Gasteiger partial charge in [-0.1, -0.05) is 24.6 Å². The zero-order valence-corrected chi connectivity index (χ0v) is 14.6. The molecule has 0 spiro atoms. The first-order chi connectivity index (χ1) is 12.6. The van der Waals surface area contributed by atoms with Crippen molar-refractivity contribution in [1.82, 2.24) is 10.5 Å². The summed E-state index contributed by atoms with van der Waals surface area (Å²) in [5.74, 6) is 0.152. The van der Waals surface area contributed by atoms with Gasteiger partial charge in [0.1, 0.15) is 5.52 Å². The van der Waals surface area contributed by atoms with Gasteiger partial charge in [0.05, 0.1) is 6.10 Å². The second-order valence-corrected chi connectivity index (χ2v) is 6.41. The van der Waals surface area contributed by atoms with E-state index in [1.807, 2.05) is 49.4 Å². The number of rotatable bonds is 7. The fraction of sp³-hybridized carbons (Fsp3) is 0.300. The first-order valence-electron chi connectivity index (χ1n) is 8.65. The first-order valence-corrected chi connectivity index (χ1v) is 8.65. The van der Waals surface area contributed by atoms with Gasteiger partial charge >= 0.3 is 0 Å². The number of aliphatic hydroxyl groups excluding tert-OH is 1. The average Bonchev–Trinajstić information content (AvgIpc) is 3.08. The van der Waals surface area contributed by atoms with E-state index in [2.05, 4.69) is 4.98 Å². The third kappa shape index (κ3) is 4.28. The van der Waals surface area contributed by atoms with Crippen molar-refractivity contribution in [1.29, 1.82) is 0 Å². The molecule has 0 unspecified atom stereocenters. The number of oxazole rings is 1. The number of hydroxylamine groups is 1. The summed E-state index contributed by atoms with van der Waals surface area (Å²) in [4.78, 5) is 15.4. The smallest absolute Gasteiger partial charge is 0.243 e. The topological polar surface area (TPSA) is 95.6 Å². The molecule has 0 bridgehead atoms. The maximum atomic E-state index is 10.9. The van der Waals surface area contributed by atoms with Crippen molar-refractivity contribution < 1.29 is 19.5 Å². The van der Waals surface area contributed by atoms with Crippen LogP contribution in [0, 0.1) is 6.92 Å². The third-order valence-electron chi connectivity index (χ3n) is 4.34. The molecular formula is C20H22N2O4. The predicted octanol–water partition coefficient (Wildman–Crippen LogP) is 3.90. The molecule has 6 heteroatoms. The fourth-order valence-electron chi connectivity index (χ4n) is 2.85. The molecule has 1 atom stereocenters. The zero-order valence-electron chi connectivity index (χ0n) is 14.6. The van der Waals surface area contributed by atoms with Crippen LogP contribution in [0.15, 0.2) is 46.9 Å². The second-order valence-electron chi connectivity index (χ2n) is 6.41. The molecule has 1 aromatic heterocycles. The minimum atomic E-state index is -0.590. The summed E-state index contributed by atoms with van der Waals surface area (Å²) in [5.41, 5.74) is 5.97.